The lowest BCUT2D eigenvalue weighted by Crippen LogP contribution is -2.02. The summed E-state index contributed by atoms with van der Waals surface area (Å²) in [5.41, 5.74) is 0. The predicted octanol–water partition coefficient (Wildman–Crippen LogP) is 2.04. The second-order valence-corrected chi connectivity index (χ2v) is 3.38. The summed E-state index contributed by atoms with van der Waals surface area (Å²) in [5.74, 6) is 0.696. The minimum absolute atomic E-state index is 0.252. The number of rotatable bonds is 8. The molecule has 5 nitrogen and oxygen atoms in total. The van der Waals surface area contributed by atoms with Gasteiger partial charge in [-0.15, -0.1) is 16.7 Å². The molecule has 86 valence electrons. The third-order valence-corrected chi connectivity index (χ3v) is 2.11. The Bertz CT molecular complexity index is 268. The molecule has 0 bridgehead atoms. The first-order valence-corrected chi connectivity index (χ1v) is 5.51. The number of methoxy groups -OCH3 is 1. The smallest absolute Gasteiger partial charge is 0.315 e. The highest BCUT2D eigenvalue weighted by Gasteiger charge is 2.02. The van der Waals surface area contributed by atoms with Crippen molar-refractivity contribution >= 4 is 17.6 Å². The largest absolute Gasteiger partial charge is 0.407 e. The molecule has 0 saturated carbocycles. The molecular formula is C9H16ClN3O2. The van der Waals surface area contributed by atoms with Crippen LogP contribution in [0.5, 0.6) is 0 Å². The van der Waals surface area contributed by atoms with E-state index >= 15 is 0 Å². The number of unbranched alkanes of at least 4 members (excludes halogenated alkanes) is 2. The van der Waals surface area contributed by atoms with Crippen molar-refractivity contribution in [3.63, 3.8) is 0 Å². The van der Waals surface area contributed by atoms with Crippen molar-refractivity contribution in [3.8, 4) is 0 Å². The first-order chi connectivity index (χ1) is 7.36. The van der Waals surface area contributed by atoms with Gasteiger partial charge < -0.3 is 14.5 Å². The van der Waals surface area contributed by atoms with Gasteiger partial charge in [-0.05, 0) is 19.3 Å². The summed E-state index contributed by atoms with van der Waals surface area (Å²) in [5, 5.41) is 10.6. The Labute approximate surface area is 94.2 Å². The summed E-state index contributed by atoms with van der Waals surface area (Å²) in [7, 11) is 1.71. The number of aromatic nitrogens is 2. The molecule has 1 rings (SSSR count). The number of alkyl halides is 1. The van der Waals surface area contributed by atoms with Gasteiger partial charge in [-0.25, -0.2) is 0 Å². The second-order valence-electron chi connectivity index (χ2n) is 3.11. The zero-order valence-electron chi connectivity index (χ0n) is 8.83. The van der Waals surface area contributed by atoms with Crippen molar-refractivity contribution < 1.29 is 9.15 Å². The third-order valence-electron chi connectivity index (χ3n) is 1.88. The highest BCUT2D eigenvalue weighted by atomic mass is 35.5. The Morgan fingerprint density at radius 1 is 1.33 bits per heavy atom. The predicted molar refractivity (Wildman–Crippen MR) is 58.1 cm³/mol. The number of ether oxygens (including phenoxy) is 1. The maximum atomic E-state index is 5.52. The van der Waals surface area contributed by atoms with E-state index in [2.05, 4.69) is 15.5 Å². The molecule has 0 unspecified atom stereocenters. The van der Waals surface area contributed by atoms with Crippen LogP contribution in [0.25, 0.3) is 0 Å². The number of hydrogen-bond acceptors (Lipinski definition) is 5. The van der Waals surface area contributed by atoms with Crippen molar-refractivity contribution in [2.24, 2.45) is 0 Å². The van der Waals surface area contributed by atoms with Crippen LogP contribution in [-0.4, -0.2) is 30.5 Å². The van der Waals surface area contributed by atoms with E-state index in [-0.39, 0.29) is 5.88 Å². The van der Waals surface area contributed by atoms with E-state index in [9.17, 15) is 0 Å². The monoisotopic (exact) mass is 233 g/mol. The number of nitrogens with zero attached hydrogens (tertiary/aromatic N) is 2. The fraction of sp³-hybridized carbons (Fsp3) is 0.778. The van der Waals surface area contributed by atoms with Crippen molar-refractivity contribution in [2.75, 3.05) is 25.6 Å². The Morgan fingerprint density at radius 3 is 2.87 bits per heavy atom. The number of nitrogens with one attached hydrogen (secondary N) is 1. The summed E-state index contributed by atoms with van der Waals surface area (Å²) >= 11 is 5.52. The molecule has 0 amide bonds. The van der Waals surface area contributed by atoms with Crippen LogP contribution in [-0.2, 0) is 10.6 Å². The molecule has 0 aliphatic rings. The number of halogens is 1. The fourth-order valence-corrected chi connectivity index (χ4v) is 1.23. The van der Waals surface area contributed by atoms with Gasteiger partial charge in [0.25, 0.3) is 0 Å². The normalized spacial score (nSPS) is 10.5. The van der Waals surface area contributed by atoms with Crippen molar-refractivity contribution in [1.82, 2.24) is 10.2 Å². The highest BCUT2D eigenvalue weighted by molar-refractivity contribution is 6.16. The van der Waals surface area contributed by atoms with E-state index in [0.717, 1.165) is 32.4 Å². The molecule has 1 aromatic heterocycles. The molecule has 15 heavy (non-hydrogen) atoms. The van der Waals surface area contributed by atoms with Gasteiger partial charge in [0.1, 0.15) is 5.88 Å². The van der Waals surface area contributed by atoms with Crippen molar-refractivity contribution in [2.45, 2.75) is 25.1 Å². The Kier molecular flexibility index (Phi) is 6.11. The minimum Gasteiger partial charge on any atom is -0.407 e. The van der Waals surface area contributed by atoms with Gasteiger partial charge in [0.05, 0.1) is 0 Å². The van der Waals surface area contributed by atoms with Crippen LogP contribution >= 0.6 is 11.6 Å². The molecule has 1 aromatic rings. The Balaban J connectivity index is 2.04. The van der Waals surface area contributed by atoms with Gasteiger partial charge in [-0.1, -0.05) is 5.10 Å². The van der Waals surface area contributed by atoms with E-state index < -0.39 is 0 Å². The molecule has 1 N–H and O–H groups in total. The van der Waals surface area contributed by atoms with Gasteiger partial charge in [-0.2, -0.15) is 0 Å². The first kappa shape index (κ1) is 12.3. The summed E-state index contributed by atoms with van der Waals surface area (Å²) in [4.78, 5) is 0. The standard InChI is InChI=1S/C9H16ClN3O2/c1-14-6-4-2-3-5-11-9-13-12-8(7-10)15-9/h2-7H2,1H3,(H,11,13). The molecule has 0 fully saturated rings. The molecule has 0 spiro atoms. The SMILES string of the molecule is COCCCCCNc1nnc(CCl)o1. The summed E-state index contributed by atoms with van der Waals surface area (Å²) in [6, 6.07) is 0.442. The number of hydrogen-bond donors (Lipinski definition) is 1. The van der Waals surface area contributed by atoms with E-state index in [0.29, 0.717) is 11.9 Å². The first-order valence-electron chi connectivity index (χ1n) is 4.98. The van der Waals surface area contributed by atoms with Crippen LogP contribution in [0.2, 0.25) is 0 Å². The van der Waals surface area contributed by atoms with Crippen molar-refractivity contribution in [3.05, 3.63) is 5.89 Å². The van der Waals surface area contributed by atoms with Gasteiger partial charge in [-0.3, -0.25) is 0 Å². The van der Waals surface area contributed by atoms with E-state index in [1.54, 1.807) is 7.11 Å². The molecule has 6 heteroatoms. The van der Waals surface area contributed by atoms with Gasteiger partial charge >= 0.3 is 6.01 Å². The van der Waals surface area contributed by atoms with Crippen LogP contribution < -0.4 is 5.32 Å². The third kappa shape index (κ3) is 4.99. The fourth-order valence-electron chi connectivity index (χ4n) is 1.12. The van der Waals surface area contributed by atoms with Crippen molar-refractivity contribution in [1.29, 1.82) is 0 Å². The lowest BCUT2D eigenvalue weighted by Gasteiger charge is -2.00. The van der Waals surface area contributed by atoms with E-state index in [4.69, 9.17) is 20.8 Å². The van der Waals surface area contributed by atoms with Gasteiger partial charge in [0, 0.05) is 20.3 Å². The maximum Gasteiger partial charge on any atom is 0.315 e. The topological polar surface area (TPSA) is 60.2 Å². The van der Waals surface area contributed by atoms with Crippen LogP contribution in [0.3, 0.4) is 0 Å². The molecule has 0 atom stereocenters. The van der Waals surface area contributed by atoms with E-state index in [1.165, 1.54) is 0 Å². The van der Waals surface area contributed by atoms with Crippen LogP contribution in [0.1, 0.15) is 25.2 Å². The molecule has 0 aliphatic heterocycles. The molecule has 0 saturated heterocycles. The molecule has 0 aliphatic carbocycles. The van der Waals surface area contributed by atoms with Gasteiger partial charge in [0.15, 0.2) is 0 Å². The maximum absolute atomic E-state index is 5.52. The van der Waals surface area contributed by atoms with Crippen LogP contribution in [0.4, 0.5) is 6.01 Å². The average molecular weight is 234 g/mol. The second kappa shape index (κ2) is 7.48. The zero-order chi connectivity index (χ0) is 10.9. The highest BCUT2D eigenvalue weighted by Crippen LogP contribution is 2.07. The molecule has 1 heterocycles. The van der Waals surface area contributed by atoms with Gasteiger partial charge in [0.2, 0.25) is 5.89 Å². The Morgan fingerprint density at radius 2 is 2.20 bits per heavy atom. The molecule has 0 radical (unpaired) electrons. The van der Waals surface area contributed by atoms with Crippen LogP contribution in [0.15, 0.2) is 4.42 Å². The zero-order valence-corrected chi connectivity index (χ0v) is 9.59. The summed E-state index contributed by atoms with van der Waals surface area (Å²) in [6.07, 6.45) is 3.26. The van der Waals surface area contributed by atoms with Crippen LogP contribution in [0, 0.1) is 0 Å². The summed E-state index contributed by atoms with van der Waals surface area (Å²) < 4.78 is 10.1. The van der Waals surface area contributed by atoms with E-state index in [1.807, 2.05) is 0 Å². The quantitative estimate of drug-likeness (QED) is 0.550. The molecule has 0 aromatic carbocycles. The Hall–Kier alpha value is -0.810. The lowest BCUT2D eigenvalue weighted by atomic mass is 10.2. The summed E-state index contributed by atoms with van der Waals surface area (Å²) in [6.45, 7) is 1.64. The average Bonchev–Trinajstić information content (AvgIpc) is 2.71. The molecular weight excluding hydrogens is 218 g/mol. The minimum atomic E-state index is 0.252. The lowest BCUT2D eigenvalue weighted by molar-refractivity contribution is 0.192. The number of anilines is 1.